The second-order valence-corrected chi connectivity index (χ2v) is 4.62. The zero-order valence-electron chi connectivity index (χ0n) is 12.9. The van der Waals surface area contributed by atoms with Gasteiger partial charge in [-0.3, -0.25) is 9.59 Å². The average Bonchev–Trinajstić information content (AvgIpc) is 2.47. The van der Waals surface area contributed by atoms with Gasteiger partial charge in [-0.1, -0.05) is 18.6 Å². The maximum atomic E-state index is 10.6. The SMILES string of the molecule is CC(=O)Oc1ccccc1C(=O)O.NCCCCC(N)C(=O)O. The van der Waals surface area contributed by atoms with Crippen LogP contribution >= 0.6 is 0 Å². The van der Waals surface area contributed by atoms with E-state index in [-0.39, 0.29) is 11.3 Å². The fraction of sp³-hybridized carbons (Fsp3) is 0.400. The Morgan fingerprint density at radius 2 is 1.78 bits per heavy atom. The Morgan fingerprint density at radius 3 is 2.26 bits per heavy atom. The zero-order valence-corrected chi connectivity index (χ0v) is 12.9. The van der Waals surface area contributed by atoms with E-state index in [1.54, 1.807) is 12.1 Å². The Labute approximate surface area is 134 Å². The van der Waals surface area contributed by atoms with Crippen LogP contribution in [0.5, 0.6) is 5.75 Å². The van der Waals surface area contributed by atoms with Gasteiger partial charge in [-0.2, -0.15) is 0 Å². The number of esters is 1. The third kappa shape index (κ3) is 9.22. The number of nitrogens with two attached hydrogens (primary N) is 2. The normalized spacial score (nSPS) is 10.9. The summed E-state index contributed by atoms with van der Waals surface area (Å²) in [7, 11) is 0. The first-order chi connectivity index (χ1) is 10.8. The lowest BCUT2D eigenvalue weighted by atomic mass is 10.1. The molecule has 0 aliphatic rings. The van der Waals surface area contributed by atoms with E-state index in [2.05, 4.69) is 4.74 Å². The monoisotopic (exact) mass is 326 g/mol. The maximum Gasteiger partial charge on any atom is 0.339 e. The molecule has 0 aliphatic carbocycles. The van der Waals surface area contributed by atoms with Gasteiger partial charge in [0.2, 0.25) is 0 Å². The van der Waals surface area contributed by atoms with Crippen LogP contribution in [-0.4, -0.2) is 40.7 Å². The first-order valence-electron chi connectivity index (χ1n) is 6.98. The van der Waals surface area contributed by atoms with Gasteiger partial charge in [0, 0.05) is 6.92 Å². The number of carboxylic acids is 2. The van der Waals surface area contributed by atoms with E-state index in [4.69, 9.17) is 21.7 Å². The summed E-state index contributed by atoms with van der Waals surface area (Å²) in [6.07, 6.45) is 2.16. The quantitative estimate of drug-likeness (QED) is 0.326. The number of aliphatic carboxylic acids is 1. The van der Waals surface area contributed by atoms with Crippen LogP contribution in [0.25, 0.3) is 0 Å². The first-order valence-corrected chi connectivity index (χ1v) is 6.98. The predicted octanol–water partition coefficient (Wildman–Crippen LogP) is 0.837. The molecule has 8 heteroatoms. The van der Waals surface area contributed by atoms with E-state index in [1.807, 2.05) is 0 Å². The third-order valence-corrected chi connectivity index (χ3v) is 2.66. The number of benzene rings is 1. The number of rotatable bonds is 7. The molecule has 0 amide bonds. The molecule has 1 aromatic rings. The van der Waals surface area contributed by atoms with Crippen molar-refractivity contribution >= 4 is 17.9 Å². The van der Waals surface area contributed by atoms with Gasteiger partial charge in [0.15, 0.2) is 0 Å². The maximum absolute atomic E-state index is 10.6. The number of hydrogen-bond donors (Lipinski definition) is 4. The van der Waals surface area contributed by atoms with Crippen LogP contribution in [0.4, 0.5) is 0 Å². The van der Waals surface area contributed by atoms with Crippen LogP contribution in [0.2, 0.25) is 0 Å². The Kier molecular flexibility index (Phi) is 9.97. The van der Waals surface area contributed by atoms with Crippen molar-refractivity contribution in [3.8, 4) is 5.75 Å². The molecule has 6 N–H and O–H groups in total. The van der Waals surface area contributed by atoms with Gasteiger partial charge in [0.1, 0.15) is 17.4 Å². The van der Waals surface area contributed by atoms with Gasteiger partial charge in [0.25, 0.3) is 0 Å². The van der Waals surface area contributed by atoms with Crippen molar-refractivity contribution in [2.45, 2.75) is 32.2 Å². The fourth-order valence-electron chi connectivity index (χ4n) is 1.52. The second kappa shape index (κ2) is 11.2. The molecule has 1 atom stereocenters. The van der Waals surface area contributed by atoms with Gasteiger partial charge in [0.05, 0.1) is 0 Å². The van der Waals surface area contributed by atoms with Gasteiger partial charge >= 0.3 is 17.9 Å². The van der Waals surface area contributed by atoms with Crippen molar-refractivity contribution in [1.82, 2.24) is 0 Å². The highest BCUT2D eigenvalue weighted by atomic mass is 16.5. The minimum atomic E-state index is -1.11. The summed E-state index contributed by atoms with van der Waals surface area (Å²) in [6, 6.07) is 5.26. The van der Waals surface area contributed by atoms with Crippen molar-refractivity contribution in [2.24, 2.45) is 11.5 Å². The lowest BCUT2D eigenvalue weighted by Crippen LogP contribution is -2.29. The topological polar surface area (TPSA) is 153 Å². The molecule has 8 nitrogen and oxygen atoms in total. The Bertz CT molecular complexity index is 532. The predicted molar refractivity (Wildman–Crippen MR) is 83.2 cm³/mol. The smallest absolute Gasteiger partial charge is 0.339 e. The Morgan fingerprint density at radius 1 is 1.17 bits per heavy atom. The molecule has 0 spiro atoms. The minimum Gasteiger partial charge on any atom is -0.480 e. The van der Waals surface area contributed by atoms with Crippen LogP contribution in [0.15, 0.2) is 24.3 Å². The van der Waals surface area contributed by atoms with Crippen molar-refractivity contribution in [3.63, 3.8) is 0 Å². The van der Waals surface area contributed by atoms with Gasteiger partial charge < -0.3 is 26.4 Å². The minimum absolute atomic E-state index is 0.0160. The van der Waals surface area contributed by atoms with Crippen molar-refractivity contribution in [2.75, 3.05) is 6.54 Å². The summed E-state index contributed by atoms with van der Waals surface area (Å²) in [5, 5.41) is 17.0. The second-order valence-electron chi connectivity index (χ2n) is 4.62. The highest BCUT2D eigenvalue weighted by Crippen LogP contribution is 2.17. The number of ether oxygens (including phenoxy) is 1. The average molecular weight is 326 g/mol. The molecule has 1 rings (SSSR count). The molecular formula is C15H22N2O6. The van der Waals surface area contributed by atoms with E-state index in [9.17, 15) is 14.4 Å². The van der Waals surface area contributed by atoms with E-state index in [1.165, 1.54) is 19.1 Å². The highest BCUT2D eigenvalue weighted by Gasteiger charge is 2.11. The lowest BCUT2D eigenvalue weighted by Gasteiger charge is -2.03. The molecular weight excluding hydrogens is 304 g/mol. The number of unbranched alkanes of at least 4 members (excludes halogenated alkanes) is 1. The summed E-state index contributed by atoms with van der Waals surface area (Å²) in [5.74, 6) is -2.51. The molecule has 128 valence electrons. The van der Waals surface area contributed by atoms with E-state index in [0.717, 1.165) is 12.8 Å². The summed E-state index contributed by atoms with van der Waals surface area (Å²) in [4.78, 5) is 31.3. The standard InChI is InChI=1S/C9H8O4.C6H14N2O2/c1-6(10)13-8-5-3-2-4-7(8)9(11)12;7-4-2-1-3-5(8)6(9)10/h2-5H,1H3,(H,11,12);5H,1-4,7-8H2,(H,9,10). The van der Waals surface area contributed by atoms with Crippen molar-refractivity contribution < 1.29 is 29.3 Å². The molecule has 1 unspecified atom stereocenters. The fourth-order valence-corrected chi connectivity index (χ4v) is 1.52. The molecule has 0 bridgehead atoms. The molecule has 23 heavy (non-hydrogen) atoms. The number of hydrogen-bond acceptors (Lipinski definition) is 6. The van der Waals surface area contributed by atoms with Crippen LogP contribution in [0.1, 0.15) is 36.5 Å². The third-order valence-electron chi connectivity index (χ3n) is 2.66. The molecule has 0 aliphatic heterocycles. The number of carbonyl (C=O) groups excluding carboxylic acids is 1. The molecule has 0 saturated carbocycles. The van der Waals surface area contributed by atoms with E-state index in [0.29, 0.717) is 13.0 Å². The van der Waals surface area contributed by atoms with Crippen LogP contribution in [0, 0.1) is 0 Å². The summed E-state index contributed by atoms with van der Waals surface area (Å²) >= 11 is 0. The largest absolute Gasteiger partial charge is 0.480 e. The first kappa shape index (κ1) is 20.6. The zero-order chi connectivity index (χ0) is 17.8. The summed E-state index contributed by atoms with van der Waals surface area (Å²) < 4.78 is 4.69. The van der Waals surface area contributed by atoms with Crippen LogP contribution in [0.3, 0.4) is 0 Å². The summed E-state index contributed by atoms with van der Waals surface area (Å²) in [6.45, 7) is 1.82. The number of carbonyl (C=O) groups is 3. The number of para-hydroxylation sites is 1. The number of aromatic carboxylic acids is 1. The molecule has 1 aromatic carbocycles. The molecule has 0 fully saturated rings. The molecule has 0 heterocycles. The lowest BCUT2D eigenvalue weighted by molar-refractivity contribution is -0.138. The molecule has 0 aromatic heterocycles. The Hall–Kier alpha value is -2.45. The Balaban J connectivity index is 0.000000438. The van der Waals surface area contributed by atoms with Gasteiger partial charge in [-0.05, 0) is 31.5 Å². The highest BCUT2D eigenvalue weighted by molar-refractivity contribution is 5.91. The van der Waals surface area contributed by atoms with Crippen molar-refractivity contribution in [3.05, 3.63) is 29.8 Å². The van der Waals surface area contributed by atoms with E-state index < -0.39 is 23.9 Å². The van der Waals surface area contributed by atoms with Gasteiger partial charge in [-0.25, -0.2) is 4.79 Å². The van der Waals surface area contributed by atoms with Crippen LogP contribution < -0.4 is 16.2 Å². The van der Waals surface area contributed by atoms with Crippen LogP contribution in [-0.2, 0) is 9.59 Å². The summed E-state index contributed by atoms with van der Waals surface area (Å²) in [5.41, 5.74) is 10.4. The molecule has 0 saturated heterocycles. The van der Waals surface area contributed by atoms with E-state index >= 15 is 0 Å². The number of carboxylic acid groups (broad SMARTS) is 2. The van der Waals surface area contributed by atoms with Crippen molar-refractivity contribution in [1.29, 1.82) is 0 Å². The molecule has 0 radical (unpaired) electrons. The van der Waals surface area contributed by atoms with Gasteiger partial charge in [-0.15, -0.1) is 0 Å².